The van der Waals surface area contributed by atoms with Gasteiger partial charge < -0.3 is 0 Å². The van der Waals surface area contributed by atoms with Crippen molar-refractivity contribution in [3.8, 4) is 28.6 Å². The van der Waals surface area contributed by atoms with Crippen molar-refractivity contribution in [2.24, 2.45) is 5.92 Å². The second-order valence-electron chi connectivity index (χ2n) is 10.00. The molecule has 0 bridgehead atoms. The first kappa shape index (κ1) is 25.0. The van der Waals surface area contributed by atoms with Gasteiger partial charge in [-0.05, 0) is 66.8 Å². The highest BCUT2D eigenvalue weighted by atomic mass is 19.1. The minimum atomic E-state index is -0.551. The van der Waals surface area contributed by atoms with E-state index in [1.807, 2.05) is 6.07 Å². The van der Waals surface area contributed by atoms with Crippen LogP contribution in [0.2, 0.25) is 0 Å². The minimum Gasteiger partial charge on any atom is -0.236 e. The molecule has 0 radical (unpaired) electrons. The molecular formula is C31H36FN3. The SMILES string of the molecule is CCCCCCCC[C@H]1CC[C@H](c2ccc(-c3cnc(-c4ccc(C#N)c(F)c4)nc3)cc2)CC1. The zero-order valence-electron chi connectivity index (χ0n) is 20.8. The van der Waals surface area contributed by atoms with E-state index < -0.39 is 5.82 Å². The molecule has 3 aromatic rings. The molecule has 0 N–H and O–H groups in total. The van der Waals surface area contributed by atoms with Crippen LogP contribution in [0.15, 0.2) is 54.9 Å². The summed E-state index contributed by atoms with van der Waals surface area (Å²) in [6.45, 7) is 2.28. The molecule has 0 unspecified atom stereocenters. The van der Waals surface area contributed by atoms with Gasteiger partial charge in [0, 0.05) is 23.5 Å². The van der Waals surface area contributed by atoms with Crippen molar-refractivity contribution in [3.05, 3.63) is 71.8 Å². The van der Waals surface area contributed by atoms with Crippen LogP contribution in [0.5, 0.6) is 0 Å². The summed E-state index contributed by atoms with van der Waals surface area (Å²) in [5.41, 5.74) is 4.06. The smallest absolute Gasteiger partial charge is 0.159 e. The van der Waals surface area contributed by atoms with Crippen LogP contribution in [0, 0.1) is 23.1 Å². The lowest BCUT2D eigenvalue weighted by Gasteiger charge is -2.29. The zero-order valence-corrected chi connectivity index (χ0v) is 20.8. The van der Waals surface area contributed by atoms with Crippen molar-refractivity contribution in [2.45, 2.75) is 83.5 Å². The third kappa shape index (κ3) is 6.75. The molecule has 0 spiro atoms. The third-order valence-electron chi connectivity index (χ3n) is 7.53. The van der Waals surface area contributed by atoms with Gasteiger partial charge in [0.25, 0.3) is 0 Å². The van der Waals surface area contributed by atoms with Crippen molar-refractivity contribution in [1.29, 1.82) is 5.26 Å². The predicted molar refractivity (Wildman–Crippen MR) is 140 cm³/mol. The number of benzene rings is 2. The first-order valence-corrected chi connectivity index (χ1v) is 13.3. The molecule has 0 amide bonds. The molecule has 1 aromatic heterocycles. The van der Waals surface area contributed by atoms with Crippen LogP contribution in [0.4, 0.5) is 4.39 Å². The number of hydrogen-bond donors (Lipinski definition) is 0. The van der Waals surface area contributed by atoms with Gasteiger partial charge in [-0.2, -0.15) is 5.26 Å². The second kappa shape index (κ2) is 12.6. The number of halogens is 1. The summed E-state index contributed by atoms with van der Waals surface area (Å²) < 4.78 is 13.9. The Morgan fingerprint density at radius 2 is 1.49 bits per heavy atom. The van der Waals surface area contributed by atoms with Crippen molar-refractivity contribution >= 4 is 0 Å². The van der Waals surface area contributed by atoms with Gasteiger partial charge in [-0.15, -0.1) is 0 Å². The zero-order chi connectivity index (χ0) is 24.5. The molecule has 2 aromatic carbocycles. The highest BCUT2D eigenvalue weighted by Gasteiger charge is 2.22. The van der Waals surface area contributed by atoms with E-state index in [0.29, 0.717) is 17.3 Å². The van der Waals surface area contributed by atoms with Gasteiger partial charge in [0.15, 0.2) is 5.82 Å². The second-order valence-corrected chi connectivity index (χ2v) is 10.00. The Morgan fingerprint density at radius 1 is 0.829 bits per heavy atom. The molecule has 0 atom stereocenters. The summed E-state index contributed by atoms with van der Waals surface area (Å²) in [5.74, 6) is 1.50. The molecule has 182 valence electrons. The van der Waals surface area contributed by atoms with Crippen molar-refractivity contribution in [2.75, 3.05) is 0 Å². The van der Waals surface area contributed by atoms with Crippen LogP contribution in [0.3, 0.4) is 0 Å². The van der Waals surface area contributed by atoms with Crippen molar-refractivity contribution in [3.63, 3.8) is 0 Å². The summed E-state index contributed by atoms with van der Waals surface area (Å²) >= 11 is 0. The molecule has 1 fully saturated rings. The van der Waals surface area contributed by atoms with Crippen LogP contribution in [0.25, 0.3) is 22.5 Å². The van der Waals surface area contributed by atoms with Gasteiger partial charge in [-0.1, -0.05) is 76.1 Å². The molecule has 1 aliphatic rings. The number of nitrogens with zero attached hydrogens (tertiary/aromatic N) is 3. The Hall–Kier alpha value is -3.06. The van der Waals surface area contributed by atoms with E-state index >= 15 is 0 Å². The highest BCUT2D eigenvalue weighted by Crippen LogP contribution is 2.38. The summed E-state index contributed by atoms with van der Waals surface area (Å²) in [5, 5.41) is 8.90. The maximum atomic E-state index is 13.9. The monoisotopic (exact) mass is 469 g/mol. The normalized spacial score (nSPS) is 17.7. The number of rotatable bonds is 10. The molecule has 1 saturated carbocycles. The van der Waals surface area contributed by atoms with Crippen LogP contribution >= 0.6 is 0 Å². The number of hydrogen-bond acceptors (Lipinski definition) is 3. The van der Waals surface area contributed by atoms with E-state index in [4.69, 9.17) is 5.26 Å². The lowest BCUT2D eigenvalue weighted by Crippen LogP contribution is -2.13. The van der Waals surface area contributed by atoms with Crippen molar-refractivity contribution in [1.82, 2.24) is 9.97 Å². The quantitative estimate of drug-likeness (QED) is 0.279. The minimum absolute atomic E-state index is 0.0248. The molecule has 1 aliphatic carbocycles. The van der Waals surface area contributed by atoms with E-state index in [1.54, 1.807) is 18.5 Å². The maximum Gasteiger partial charge on any atom is 0.159 e. The first-order valence-electron chi connectivity index (χ1n) is 13.3. The van der Waals surface area contributed by atoms with Crippen LogP contribution < -0.4 is 0 Å². The average Bonchev–Trinajstić information content (AvgIpc) is 2.91. The van der Waals surface area contributed by atoms with Crippen LogP contribution in [-0.4, -0.2) is 9.97 Å². The molecule has 1 heterocycles. The Bertz CT molecular complexity index is 1110. The lowest BCUT2D eigenvalue weighted by molar-refractivity contribution is 0.302. The Kier molecular flexibility index (Phi) is 9.01. The largest absolute Gasteiger partial charge is 0.236 e. The molecule has 3 nitrogen and oxygen atoms in total. The predicted octanol–water partition coefficient (Wildman–Crippen LogP) is 8.85. The fourth-order valence-electron chi connectivity index (χ4n) is 5.32. The molecule has 0 aliphatic heterocycles. The van der Waals surface area contributed by atoms with E-state index in [9.17, 15) is 4.39 Å². The Morgan fingerprint density at radius 3 is 2.14 bits per heavy atom. The molecule has 35 heavy (non-hydrogen) atoms. The third-order valence-corrected chi connectivity index (χ3v) is 7.53. The first-order chi connectivity index (χ1) is 17.2. The number of aromatic nitrogens is 2. The van der Waals surface area contributed by atoms with Gasteiger partial charge in [0.05, 0.1) is 5.56 Å². The average molecular weight is 470 g/mol. The van der Waals surface area contributed by atoms with Gasteiger partial charge in [-0.25, -0.2) is 14.4 Å². The fourth-order valence-corrected chi connectivity index (χ4v) is 5.32. The summed E-state index contributed by atoms with van der Waals surface area (Å²) in [7, 11) is 0. The number of unbranched alkanes of at least 4 members (excludes halogenated alkanes) is 5. The molecular weight excluding hydrogens is 433 g/mol. The Balaban J connectivity index is 1.28. The van der Waals surface area contributed by atoms with Gasteiger partial charge in [-0.3, -0.25) is 0 Å². The number of nitriles is 1. The van der Waals surface area contributed by atoms with E-state index in [1.165, 1.54) is 88.3 Å². The lowest BCUT2D eigenvalue weighted by atomic mass is 9.77. The van der Waals surface area contributed by atoms with Gasteiger partial charge >= 0.3 is 0 Å². The van der Waals surface area contributed by atoms with E-state index in [-0.39, 0.29) is 5.56 Å². The molecule has 4 heteroatoms. The van der Waals surface area contributed by atoms with Crippen LogP contribution in [-0.2, 0) is 0 Å². The summed E-state index contributed by atoms with van der Waals surface area (Å²) in [6, 6.07) is 15.1. The molecule has 0 saturated heterocycles. The highest BCUT2D eigenvalue weighted by molar-refractivity contribution is 5.64. The van der Waals surface area contributed by atoms with E-state index in [0.717, 1.165) is 17.0 Å². The topological polar surface area (TPSA) is 49.6 Å². The standard InChI is InChI=1S/C31H36FN3/c1-2-3-4-5-6-7-8-23-9-11-24(12-10-23)25-13-15-26(16-14-25)29-21-34-31(35-22-29)27-17-18-28(20-33)30(32)19-27/h13-19,21-24H,2-12H2,1H3/t23-,24-. The summed E-state index contributed by atoms with van der Waals surface area (Å²) in [6.07, 6.45) is 18.7. The van der Waals surface area contributed by atoms with Crippen molar-refractivity contribution < 1.29 is 4.39 Å². The fraction of sp³-hybridized carbons (Fsp3) is 0.452. The molecule has 4 rings (SSSR count). The van der Waals surface area contributed by atoms with Gasteiger partial charge in [0.1, 0.15) is 11.9 Å². The summed E-state index contributed by atoms with van der Waals surface area (Å²) in [4.78, 5) is 8.85. The van der Waals surface area contributed by atoms with Gasteiger partial charge in [0.2, 0.25) is 0 Å². The maximum absolute atomic E-state index is 13.9. The van der Waals surface area contributed by atoms with E-state index in [2.05, 4.69) is 41.2 Å². The Labute approximate surface area is 209 Å². The van der Waals surface area contributed by atoms with Crippen LogP contribution in [0.1, 0.15) is 94.6 Å².